The summed E-state index contributed by atoms with van der Waals surface area (Å²) >= 11 is 0. The highest BCUT2D eigenvalue weighted by Gasteiger charge is 2.56. The summed E-state index contributed by atoms with van der Waals surface area (Å²) in [6.07, 6.45) is 2.34. The van der Waals surface area contributed by atoms with Gasteiger partial charge >= 0.3 is 0 Å². The summed E-state index contributed by atoms with van der Waals surface area (Å²) in [4.78, 5) is 15.0. The summed E-state index contributed by atoms with van der Waals surface area (Å²) in [5.74, 6) is -2.05. The van der Waals surface area contributed by atoms with E-state index in [1.54, 1.807) is 19.9 Å². The molecular weight excluding hydrogens is 394 g/mol. The zero-order valence-electron chi connectivity index (χ0n) is 16.7. The second-order valence-corrected chi connectivity index (χ2v) is 10.3. The average molecular weight is 420 g/mol. The van der Waals surface area contributed by atoms with Gasteiger partial charge in [-0.1, -0.05) is 0 Å². The first-order valence-corrected chi connectivity index (χ1v) is 11.3. The molecule has 156 valence electrons. The van der Waals surface area contributed by atoms with Crippen molar-refractivity contribution in [2.45, 2.75) is 43.8 Å². The smallest absolute Gasteiger partial charge is 0.292 e. The van der Waals surface area contributed by atoms with Gasteiger partial charge in [-0.15, -0.1) is 0 Å². The van der Waals surface area contributed by atoms with Crippen LogP contribution in [0.1, 0.15) is 38.7 Å². The van der Waals surface area contributed by atoms with E-state index in [0.29, 0.717) is 44.0 Å². The number of anilines is 1. The molecule has 0 unspecified atom stereocenters. The van der Waals surface area contributed by atoms with Gasteiger partial charge < -0.3 is 14.4 Å². The van der Waals surface area contributed by atoms with Gasteiger partial charge in [-0.05, 0) is 51.3 Å². The van der Waals surface area contributed by atoms with Gasteiger partial charge in [-0.2, -0.15) is 9.57 Å². The molecule has 0 aliphatic carbocycles. The number of amides is 1. The number of carbonyl (C=O) groups is 1. The lowest BCUT2D eigenvalue weighted by molar-refractivity contribution is -0.256. The van der Waals surface area contributed by atoms with Crippen molar-refractivity contribution in [3.8, 4) is 6.07 Å². The lowest BCUT2D eigenvalue weighted by Crippen LogP contribution is -2.49. The molecule has 0 radical (unpaired) electrons. The molecule has 0 saturated carbocycles. The Morgan fingerprint density at radius 1 is 1.17 bits per heavy atom. The summed E-state index contributed by atoms with van der Waals surface area (Å²) in [5.41, 5.74) is 0.143. The van der Waals surface area contributed by atoms with Crippen LogP contribution < -0.4 is 4.90 Å². The number of carbonyl (C=O) groups excluding carboxylic acids is 1. The quantitative estimate of drug-likeness (QED) is 0.740. The van der Waals surface area contributed by atoms with E-state index < -0.39 is 27.1 Å². The van der Waals surface area contributed by atoms with Gasteiger partial charge in [0.1, 0.15) is 0 Å². The van der Waals surface area contributed by atoms with Crippen molar-refractivity contribution < 1.29 is 22.7 Å². The molecule has 3 heterocycles. The zero-order valence-corrected chi connectivity index (χ0v) is 17.5. The first-order chi connectivity index (χ1) is 13.7. The maximum atomic E-state index is 13.4. The van der Waals surface area contributed by atoms with Gasteiger partial charge in [0.15, 0.2) is 0 Å². The summed E-state index contributed by atoms with van der Waals surface area (Å²) in [5, 5.41) is 9.43. The van der Waals surface area contributed by atoms with Gasteiger partial charge in [-0.3, -0.25) is 4.79 Å². The number of benzene rings is 1. The highest BCUT2D eigenvalue weighted by atomic mass is 32.2. The predicted molar refractivity (Wildman–Crippen MR) is 104 cm³/mol. The topological polar surface area (TPSA) is 99.9 Å². The van der Waals surface area contributed by atoms with Crippen LogP contribution in [0.4, 0.5) is 5.69 Å². The largest absolute Gasteiger partial charge is 0.338 e. The Hall–Kier alpha value is -1.99. The van der Waals surface area contributed by atoms with Crippen LogP contribution in [0.25, 0.3) is 0 Å². The van der Waals surface area contributed by atoms with Crippen molar-refractivity contribution in [3.05, 3.63) is 23.8 Å². The summed E-state index contributed by atoms with van der Waals surface area (Å²) in [7, 11) is -3.65. The number of nitrogens with zero attached hydrogens (tertiary/aromatic N) is 3. The molecule has 8 nitrogen and oxygen atoms in total. The van der Waals surface area contributed by atoms with Crippen LogP contribution in [0.2, 0.25) is 0 Å². The second-order valence-electron chi connectivity index (χ2n) is 8.34. The average Bonchev–Trinajstić information content (AvgIpc) is 3.33. The van der Waals surface area contributed by atoms with Gasteiger partial charge in [0, 0.05) is 25.2 Å². The van der Waals surface area contributed by atoms with E-state index in [0.717, 1.165) is 12.8 Å². The van der Waals surface area contributed by atoms with Crippen molar-refractivity contribution in [1.29, 1.82) is 5.26 Å². The van der Waals surface area contributed by atoms with Crippen LogP contribution >= 0.6 is 0 Å². The fraction of sp³-hybridized carbons (Fsp3) is 0.600. The fourth-order valence-electron chi connectivity index (χ4n) is 4.05. The highest BCUT2D eigenvalue weighted by Crippen LogP contribution is 2.47. The molecule has 29 heavy (non-hydrogen) atoms. The minimum Gasteiger partial charge on any atom is -0.338 e. The highest BCUT2D eigenvalue weighted by molar-refractivity contribution is 7.89. The van der Waals surface area contributed by atoms with Gasteiger partial charge in [0.25, 0.3) is 11.7 Å². The number of hydrogen-bond donors (Lipinski definition) is 0. The van der Waals surface area contributed by atoms with Crippen molar-refractivity contribution in [1.82, 2.24) is 4.31 Å². The Morgan fingerprint density at radius 2 is 1.83 bits per heavy atom. The third kappa shape index (κ3) is 3.24. The van der Waals surface area contributed by atoms with E-state index in [9.17, 15) is 18.5 Å². The van der Waals surface area contributed by atoms with Crippen molar-refractivity contribution in [2.24, 2.45) is 5.41 Å². The van der Waals surface area contributed by atoms with E-state index in [4.69, 9.17) is 9.47 Å². The first kappa shape index (κ1) is 20.3. The molecule has 9 heteroatoms. The van der Waals surface area contributed by atoms with E-state index in [2.05, 4.69) is 6.07 Å². The van der Waals surface area contributed by atoms with E-state index >= 15 is 0 Å². The molecular formula is C20H25N3O5S. The van der Waals surface area contributed by atoms with Crippen LogP contribution in [-0.4, -0.2) is 51.5 Å². The van der Waals surface area contributed by atoms with Gasteiger partial charge in [0.05, 0.1) is 35.3 Å². The Labute approximate surface area is 171 Å². The third-order valence-corrected chi connectivity index (χ3v) is 7.49. The van der Waals surface area contributed by atoms with Crippen LogP contribution in [0, 0.1) is 16.7 Å². The second kappa shape index (κ2) is 7.06. The lowest BCUT2D eigenvalue weighted by Gasteiger charge is -2.33. The van der Waals surface area contributed by atoms with Gasteiger partial charge in [-0.25, -0.2) is 8.42 Å². The van der Waals surface area contributed by atoms with E-state index in [1.165, 1.54) is 21.3 Å². The Bertz CT molecular complexity index is 970. The molecule has 3 aliphatic rings. The number of nitriles is 1. The minimum atomic E-state index is -3.65. The fourth-order valence-corrected chi connectivity index (χ4v) is 5.60. The summed E-state index contributed by atoms with van der Waals surface area (Å²) < 4.78 is 39.2. The number of sulfonamides is 1. The molecule has 0 atom stereocenters. The van der Waals surface area contributed by atoms with Crippen molar-refractivity contribution >= 4 is 21.6 Å². The molecule has 2 fully saturated rings. The standard InChI is InChI=1S/C20H25N3O5S/c1-19(2,13-21)14-23-17-7-6-15(29(25,26)22-8-3-4-9-22)12-16(17)20(18(23)24)27-10-5-11-28-20/h6-7,12H,3-5,8-11,14H2,1-2H3. The number of fused-ring (bicyclic) bond motifs is 2. The van der Waals surface area contributed by atoms with Crippen molar-refractivity contribution in [3.63, 3.8) is 0 Å². The van der Waals surface area contributed by atoms with Crippen LogP contribution in [0.3, 0.4) is 0 Å². The lowest BCUT2D eigenvalue weighted by atomic mass is 9.95. The van der Waals surface area contributed by atoms with E-state index in [-0.39, 0.29) is 11.4 Å². The van der Waals surface area contributed by atoms with Crippen molar-refractivity contribution in [2.75, 3.05) is 37.7 Å². The maximum Gasteiger partial charge on any atom is 0.292 e. The third-order valence-electron chi connectivity index (χ3n) is 5.60. The molecule has 0 bridgehead atoms. The van der Waals surface area contributed by atoms with Crippen LogP contribution in [-0.2, 0) is 30.1 Å². The number of rotatable bonds is 4. The molecule has 2 saturated heterocycles. The predicted octanol–water partition coefficient (Wildman–Crippen LogP) is 1.96. The molecule has 4 rings (SSSR count). The normalized spacial score (nSPS) is 22.1. The van der Waals surface area contributed by atoms with E-state index in [1.807, 2.05) is 0 Å². The molecule has 3 aliphatic heterocycles. The Morgan fingerprint density at radius 3 is 2.45 bits per heavy atom. The summed E-state index contributed by atoms with van der Waals surface area (Å²) in [6, 6.07) is 6.86. The molecule has 0 aromatic heterocycles. The number of hydrogen-bond acceptors (Lipinski definition) is 6. The van der Waals surface area contributed by atoms with Gasteiger partial charge in [0.2, 0.25) is 10.0 Å². The minimum absolute atomic E-state index is 0.129. The molecule has 1 aromatic rings. The molecule has 0 N–H and O–H groups in total. The molecule has 1 aromatic carbocycles. The monoisotopic (exact) mass is 419 g/mol. The zero-order chi connectivity index (χ0) is 20.9. The summed E-state index contributed by atoms with van der Waals surface area (Å²) in [6.45, 7) is 5.33. The Kier molecular flexibility index (Phi) is 4.94. The van der Waals surface area contributed by atoms with Crippen LogP contribution in [0.5, 0.6) is 0 Å². The Balaban J connectivity index is 1.81. The first-order valence-electron chi connectivity index (χ1n) is 9.87. The maximum absolute atomic E-state index is 13.4. The van der Waals surface area contributed by atoms with Crippen LogP contribution in [0.15, 0.2) is 23.1 Å². The number of ether oxygens (including phenoxy) is 2. The SMILES string of the molecule is CC(C)(C#N)CN1C(=O)C2(OCCCO2)c2cc(S(=O)(=O)N3CCCC3)ccc21. The molecule has 1 spiro atoms. The molecule has 1 amide bonds.